The van der Waals surface area contributed by atoms with Crippen LogP contribution in [0.5, 0.6) is 5.75 Å². The molecule has 33 heavy (non-hydrogen) atoms. The molecule has 2 aliphatic heterocycles. The molecule has 0 saturated carbocycles. The Kier molecular flexibility index (Phi) is 6.46. The number of aromatic nitrogens is 1. The van der Waals surface area contributed by atoms with E-state index < -0.39 is 34.4 Å². The van der Waals surface area contributed by atoms with E-state index in [0.29, 0.717) is 31.4 Å². The lowest BCUT2D eigenvalue weighted by Gasteiger charge is -2.28. The first kappa shape index (κ1) is 22.9. The Morgan fingerprint density at radius 1 is 1.24 bits per heavy atom. The summed E-state index contributed by atoms with van der Waals surface area (Å²) in [6.45, 7) is 1.39. The van der Waals surface area contributed by atoms with Crippen molar-refractivity contribution in [2.75, 3.05) is 49.3 Å². The molecule has 0 atom stereocenters. The minimum atomic E-state index is -4.25. The van der Waals surface area contributed by atoms with E-state index >= 15 is 0 Å². The summed E-state index contributed by atoms with van der Waals surface area (Å²) >= 11 is 1.26. The highest BCUT2D eigenvalue weighted by Crippen LogP contribution is 2.34. The van der Waals surface area contributed by atoms with Crippen LogP contribution in [-0.2, 0) is 24.3 Å². The second-order valence-corrected chi connectivity index (χ2v) is 9.49. The molecule has 0 radical (unpaired) electrons. The van der Waals surface area contributed by atoms with Crippen molar-refractivity contribution in [3.05, 3.63) is 29.3 Å². The van der Waals surface area contributed by atoms with Gasteiger partial charge in [0, 0.05) is 18.5 Å². The third kappa shape index (κ3) is 5.05. The zero-order chi connectivity index (χ0) is 23.6. The largest absolute Gasteiger partial charge is 0.482 e. The number of ether oxygens (including phenoxy) is 2. The van der Waals surface area contributed by atoms with Crippen LogP contribution < -0.4 is 24.8 Å². The van der Waals surface area contributed by atoms with Gasteiger partial charge in [-0.1, -0.05) is 0 Å². The fourth-order valence-electron chi connectivity index (χ4n) is 3.16. The molecule has 3 heterocycles. The average molecular weight is 498 g/mol. The topological polar surface area (TPSA) is 167 Å². The number of thiazole rings is 1. The molecule has 13 nitrogen and oxygen atoms in total. The zero-order valence-corrected chi connectivity index (χ0v) is 18.6. The van der Waals surface area contributed by atoms with Crippen molar-refractivity contribution in [1.29, 1.82) is 0 Å². The smallest absolute Gasteiger partial charge is 0.323 e. The van der Waals surface area contributed by atoms with E-state index in [-0.39, 0.29) is 28.6 Å². The molecule has 0 bridgehead atoms. The van der Waals surface area contributed by atoms with Crippen molar-refractivity contribution < 1.29 is 37.4 Å². The van der Waals surface area contributed by atoms with Gasteiger partial charge in [-0.25, -0.2) is 13.4 Å². The molecule has 1 saturated heterocycles. The van der Waals surface area contributed by atoms with E-state index in [2.05, 4.69) is 10.4 Å². The van der Waals surface area contributed by atoms with Crippen LogP contribution in [-0.4, -0.2) is 75.7 Å². The van der Waals surface area contributed by atoms with Gasteiger partial charge in [0.15, 0.2) is 11.7 Å². The molecule has 176 valence electrons. The second kappa shape index (κ2) is 9.30. The van der Waals surface area contributed by atoms with Crippen LogP contribution >= 0.6 is 11.3 Å². The number of nitrogens with zero attached hydrogens (tertiary/aromatic N) is 3. The number of hydrogen-bond donors (Lipinski definition) is 3. The van der Waals surface area contributed by atoms with Crippen molar-refractivity contribution in [3.8, 4) is 5.75 Å². The van der Waals surface area contributed by atoms with Gasteiger partial charge in [-0.2, -0.15) is 0 Å². The highest BCUT2D eigenvalue weighted by molar-refractivity contribution is 7.89. The summed E-state index contributed by atoms with van der Waals surface area (Å²) in [5.74, 6) is -2.48. The number of carbonyl (C=O) groups excluding carboxylic acids is 2. The molecule has 0 aliphatic carbocycles. The van der Waals surface area contributed by atoms with Gasteiger partial charge in [-0.3, -0.25) is 24.7 Å². The number of benzene rings is 1. The van der Waals surface area contributed by atoms with E-state index in [0.717, 1.165) is 11.0 Å². The Labute approximate surface area is 191 Å². The number of carboxylic acid groups (broad SMARTS) is 1. The summed E-state index contributed by atoms with van der Waals surface area (Å²) in [6.07, 6.45) is 0. The summed E-state index contributed by atoms with van der Waals surface area (Å²) in [5.41, 5.74) is 2.14. The van der Waals surface area contributed by atoms with E-state index in [1.54, 1.807) is 0 Å². The molecular formula is C18H19N5O8S2. The lowest BCUT2D eigenvalue weighted by molar-refractivity contribution is -0.137. The van der Waals surface area contributed by atoms with Crippen molar-refractivity contribution in [2.24, 2.45) is 0 Å². The summed E-state index contributed by atoms with van der Waals surface area (Å²) in [6, 6.07) is 3.62. The predicted octanol–water partition coefficient (Wildman–Crippen LogP) is -0.587. The van der Waals surface area contributed by atoms with Crippen molar-refractivity contribution in [1.82, 2.24) is 15.2 Å². The number of amides is 2. The average Bonchev–Trinajstić information content (AvgIpc) is 3.30. The summed E-state index contributed by atoms with van der Waals surface area (Å²) < 4.78 is 35.9. The first-order chi connectivity index (χ1) is 15.7. The standard InChI is InChI=1S/C18H19N5O8S2/c24-15-9-31-14-2-1-11(7-13(14)23(15)8-16(25)26)33(28,29)21-20-17(27)12-10-32-18(19-12)22-3-5-30-6-4-22/h1-2,7,10,21H,3-6,8-9H2,(H,20,27)(H,25,26). The highest BCUT2D eigenvalue weighted by Gasteiger charge is 2.29. The van der Waals surface area contributed by atoms with E-state index in [9.17, 15) is 22.8 Å². The molecular weight excluding hydrogens is 478 g/mol. The Morgan fingerprint density at radius 3 is 2.73 bits per heavy atom. The SMILES string of the molecule is O=C(O)CN1C(=O)COc2ccc(S(=O)(=O)NNC(=O)c3csc(N4CCOCC4)n3)cc21. The normalized spacial score (nSPS) is 16.2. The molecule has 1 fully saturated rings. The van der Waals surface area contributed by atoms with Gasteiger partial charge in [-0.05, 0) is 18.2 Å². The van der Waals surface area contributed by atoms with Crippen molar-refractivity contribution >= 4 is 50.0 Å². The number of rotatable bonds is 7. The number of hydrazine groups is 1. The molecule has 0 unspecified atom stereocenters. The Morgan fingerprint density at radius 2 is 2.00 bits per heavy atom. The lowest BCUT2D eigenvalue weighted by atomic mass is 10.2. The first-order valence-electron chi connectivity index (χ1n) is 9.64. The fraction of sp³-hybridized carbons (Fsp3) is 0.333. The van der Waals surface area contributed by atoms with Crippen LogP contribution in [0, 0.1) is 0 Å². The number of nitrogens with one attached hydrogen (secondary N) is 2. The molecule has 1 aromatic heterocycles. The quantitative estimate of drug-likeness (QED) is 0.421. The van der Waals surface area contributed by atoms with Crippen molar-refractivity contribution in [3.63, 3.8) is 0 Å². The van der Waals surface area contributed by atoms with Gasteiger partial charge < -0.3 is 19.5 Å². The van der Waals surface area contributed by atoms with Gasteiger partial charge in [0.25, 0.3) is 21.8 Å². The fourth-order valence-corrected chi connectivity index (χ4v) is 4.88. The zero-order valence-electron chi connectivity index (χ0n) is 17.0. The van der Waals surface area contributed by atoms with Crippen LogP contribution in [0.4, 0.5) is 10.8 Å². The first-order valence-corrected chi connectivity index (χ1v) is 12.0. The minimum absolute atomic E-state index is 0.00231. The molecule has 4 rings (SSSR count). The third-order valence-corrected chi connectivity index (χ3v) is 6.93. The molecule has 3 N–H and O–H groups in total. The molecule has 1 aromatic carbocycles. The molecule has 2 amide bonds. The van der Waals surface area contributed by atoms with E-state index in [1.165, 1.54) is 28.8 Å². The Bertz CT molecular complexity index is 1190. The summed E-state index contributed by atoms with van der Waals surface area (Å²) in [5, 5.41) is 11.2. The molecule has 2 aliphatic rings. The number of hydrogen-bond acceptors (Lipinski definition) is 10. The summed E-state index contributed by atoms with van der Waals surface area (Å²) in [4.78, 5) is 44.3. The molecule has 15 heteroatoms. The number of morpholine rings is 1. The Hall–Kier alpha value is -3.27. The third-order valence-electron chi connectivity index (χ3n) is 4.78. The predicted molar refractivity (Wildman–Crippen MR) is 115 cm³/mol. The maximum absolute atomic E-state index is 12.7. The highest BCUT2D eigenvalue weighted by atomic mass is 32.2. The number of aliphatic carboxylic acids is 1. The van der Waals surface area contributed by atoms with Crippen molar-refractivity contribution in [2.45, 2.75) is 4.90 Å². The molecule has 0 spiro atoms. The van der Waals surface area contributed by atoms with Gasteiger partial charge in [0.1, 0.15) is 18.0 Å². The van der Waals surface area contributed by atoms with Crippen LogP contribution in [0.1, 0.15) is 10.5 Å². The van der Waals surface area contributed by atoms with Crippen LogP contribution in [0.15, 0.2) is 28.5 Å². The number of fused-ring (bicyclic) bond motifs is 1. The van der Waals surface area contributed by atoms with Gasteiger partial charge in [-0.15, -0.1) is 16.2 Å². The maximum Gasteiger partial charge on any atom is 0.323 e. The van der Waals surface area contributed by atoms with Crippen LogP contribution in [0.25, 0.3) is 0 Å². The van der Waals surface area contributed by atoms with Gasteiger partial charge in [0.05, 0.1) is 23.8 Å². The minimum Gasteiger partial charge on any atom is -0.482 e. The number of anilines is 2. The maximum atomic E-state index is 12.7. The van der Waals surface area contributed by atoms with Gasteiger partial charge >= 0.3 is 5.97 Å². The monoisotopic (exact) mass is 497 g/mol. The van der Waals surface area contributed by atoms with Gasteiger partial charge in [0.2, 0.25) is 0 Å². The number of carbonyl (C=O) groups is 3. The number of sulfonamides is 1. The number of carboxylic acids is 1. The lowest BCUT2D eigenvalue weighted by Crippen LogP contribution is -2.43. The van der Waals surface area contributed by atoms with E-state index in [1.807, 2.05) is 9.73 Å². The Balaban J connectivity index is 1.46. The van der Waals surface area contributed by atoms with E-state index in [4.69, 9.17) is 14.6 Å². The summed E-state index contributed by atoms with van der Waals surface area (Å²) in [7, 11) is -4.25. The van der Waals surface area contributed by atoms with Crippen LogP contribution in [0.2, 0.25) is 0 Å². The molecule has 2 aromatic rings. The van der Waals surface area contributed by atoms with Crippen LogP contribution in [0.3, 0.4) is 0 Å². The second-order valence-electron chi connectivity index (χ2n) is 6.97.